The van der Waals surface area contributed by atoms with Gasteiger partial charge in [0.15, 0.2) is 0 Å². The minimum Gasteiger partial charge on any atom is -0.549 e. The Labute approximate surface area is 90.9 Å². The summed E-state index contributed by atoms with van der Waals surface area (Å²) in [5.74, 6) is -4.17. The van der Waals surface area contributed by atoms with Crippen LogP contribution in [0, 0.1) is 5.92 Å². The molecule has 0 aromatic heterocycles. The van der Waals surface area contributed by atoms with Crippen LogP contribution < -0.4 is 5.11 Å². The van der Waals surface area contributed by atoms with Crippen LogP contribution in [0.25, 0.3) is 0 Å². The van der Waals surface area contributed by atoms with Crippen molar-refractivity contribution >= 4 is 11.9 Å². The maximum Gasteiger partial charge on any atom is 0.312 e. The Morgan fingerprint density at radius 1 is 1.27 bits per heavy atom. The standard InChI is InChI=1S/C6H10O4.C4H12N/c1-2-3-4(5(7)8)6(9)10;1-5(2,3)4/h4H,2-3H2,1H3,(H,7,8)(H,9,10);1-4H3/q;+1/p-1. The van der Waals surface area contributed by atoms with Crippen LogP contribution in [0.15, 0.2) is 0 Å². The van der Waals surface area contributed by atoms with E-state index < -0.39 is 17.9 Å². The van der Waals surface area contributed by atoms with E-state index >= 15 is 0 Å². The number of nitrogens with zero attached hydrogens (tertiary/aromatic N) is 1. The summed E-state index contributed by atoms with van der Waals surface area (Å²) >= 11 is 0. The Kier molecular flexibility index (Phi) is 7.87. The Hall–Kier alpha value is -1.10. The predicted molar refractivity (Wildman–Crippen MR) is 55.0 cm³/mol. The highest BCUT2D eigenvalue weighted by atomic mass is 16.4. The summed E-state index contributed by atoms with van der Waals surface area (Å²) < 4.78 is 1.00. The normalized spacial score (nSPS) is 12.3. The lowest BCUT2D eigenvalue weighted by Gasteiger charge is -2.14. The van der Waals surface area contributed by atoms with E-state index in [1.807, 2.05) is 0 Å². The maximum absolute atomic E-state index is 10.1. The van der Waals surface area contributed by atoms with Gasteiger partial charge in [-0.15, -0.1) is 0 Å². The van der Waals surface area contributed by atoms with Crippen molar-refractivity contribution in [1.82, 2.24) is 0 Å². The minimum atomic E-state index is -1.51. The van der Waals surface area contributed by atoms with E-state index in [0.29, 0.717) is 6.42 Å². The van der Waals surface area contributed by atoms with Gasteiger partial charge >= 0.3 is 5.97 Å². The SMILES string of the molecule is CCCC(C(=O)[O-])C(=O)O.C[N+](C)(C)C. The third-order valence-electron chi connectivity index (χ3n) is 1.16. The molecule has 0 fully saturated rings. The number of hydrogen-bond acceptors (Lipinski definition) is 3. The molecule has 0 aliphatic rings. The van der Waals surface area contributed by atoms with Crippen molar-refractivity contribution in [3.8, 4) is 0 Å². The number of aliphatic carboxylic acids is 2. The molecule has 0 spiro atoms. The number of hydrogen-bond donors (Lipinski definition) is 1. The minimum absolute atomic E-state index is 0.137. The van der Waals surface area contributed by atoms with E-state index in [9.17, 15) is 14.7 Å². The molecule has 0 radical (unpaired) electrons. The zero-order chi connectivity index (χ0) is 12.6. The fourth-order valence-corrected chi connectivity index (χ4v) is 0.631. The van der Waals surface area contributed by atoms with Crippen LogP contribution in [0.3, 0.4) is 0 Å². The molecule has 0 aliphatic carbocycles. The molecule has 15 heavy (non-hydrogen) atoms. The number of quaternary nitrogens is 1. The lowest BCUT2D eigenvalue weighted by Crippen LogP contribution is -2.36. The average Bonchev–Trinajstić information content (AvgIpc) is 1.95. The molecule has 5 nitrogen and oxygen atoms in total. The molecule has 5 heteroatoms. The van der Waals surface area contributed by atoms with Gasteiger partial charge in [-0.25, -0.2) is 0 Å². The first-order chi connectivity index (χ1) is 6.59. The zero-order valence-corrected chi connectivity index (χ0v) is 10.1. The molecule has 90 valence electrons. The van der Waals surface area contributed by atoms with Crippen molar-refractivity contribution in [2.75, 3.05) is 28.2 Å². The van der Waals surface area contributed by atoms with Crippen LogP contribution in [0.4, 0.5) is 0 Å². The number of carboxylic acid groups (broad SMARTS) is 2. The van der Waals surface area contributed by atoms with Gasteiger partial charge in [0.05, 0.1) is 40.1 Å². The average molecular weight is 219 g/mol. The van der Waals surface area contributed by atoms with Crippen molar-refractivity contribution in [3.05, 3.63) is 0 Å². The second kappa shape index (κ2) is 7.23. The summed E-state index contributed by atoms with van der Waals surface area (Å²) in [6.45, 7) is 1.72. The van der Waals surface area contributed by atoms with E-state index in [4.69, 9.17) is 5.11 Å². The summed E-state index contributed by atoms with van der Waals surface area (Å²) in [5, 5.41) is 18.3. The van der Waals surface area contributed by atoms with Gasteiger partial charge in [0, 0.05) is 0 Å². The largest absolute Gasteiger partial charge is 0.549 e. The smallest absolute Gasteiger partial charge is 0.312 e. The number of carboxylic acids is 2. The molecule has 0 heterocycles. The Bertz CT molecular complexity index is 188. The van der Waals surface area contributed by atoms with Crippen molar-refractivity contribution in [1.29, 1.82) is 0 Å². The highest BCUT2D eigenvalue weighted by Gasteiger charge is 2.16. The fraction of sp³-hybridized carbons (Fsp3) is 0.800. The van der Waals surface area contributed by atoms with Crippen molar-refractivity contribution < 1.29 is 24.3 Å². The molecule has 0 aromatic carbocycles. The quantitative estimate of drug-likeness (QED) is 0.513. The van der Waals surface area contributed by atoms with Crippen LogP contribution >= 0.6 is 0 Å². The van der Waals surface area contributed by atoms with E-state index in [1.54, 1.807) is 6.92 Å². The topological polar surface area (TPSA) is 77.4 Å². The number of carbonyl (C=O) groups excluding carboxylic acids is 1. The summed E-state index contributed by atoms with van der Waals surface area (Å²) in [6, 6.07) is 0. The fourth-order valence-electron chi connectivity index (χ4n) is 0.631. The van der Waals surface area contributed by atoms with Gasteiger partial charge in [0.25, 0.3) is 0 Å². The van der Waals surface area contributed by atoms with Gasteiger partial charge in [-0.1, -0.05) is 13.3 Å². The first-order valence-corrected chi connectivity index (χ1v) is 4.82. The number of carbonyl (C=O) groups is 2. The third kappa shape index (κ3) is 15.6. The van der Waals surface area contributed by atoms with Crippen molar-refractivity contribution in [3.63, 3.8) is 0 Å². The zero-order valence-electron chi connectivity index (χ0n) is 10.1. The number of rotatable bonds is 4. The Balaban J connectivity index is 0. The Morgan fingerprint density at radius 3 is 1.67 bits per heavy atom. The van der Waals surface area contributed by atoms with Crippen LogP contribution in [0.5, 0.6) is 0 Å². The van der Waals surface area contributed by atoms with Gasteiger partial charge in [-0.3, -0.25) is 4.79 Å². The molecule has 0 saturated heterocycles. The molecule has 1 atom stereocenters. The van der Waals surface area contributed by atoms with Crippen LogP contribution in [0.1, 0.15) is 19.8 Å². The highest BCUT2D eigenvalue weighted by Crippen LogP contribution is 2.04. The Morgan fingerprint density at radius 2 is 1.60 bits per heavy atom. The molecular weight excluding hydrogens is 198 g/mol. The molecular formula is C10H21NO4. The van der Waals surface area contributed by atoms with Crippen molar-refractivity contribution in [2.45, 2.75) is 19.8 Å². The third-order valence-corrected chi connectivity index (χ3v) is 1.16. The molecule has 0 bridgehead atoms. The van der Waals surface area contributed by atoms with E-state index in [2.05, 4.69) is 28.2 Å². The monoisotopic (exact) mass is 219 g/mol. The van der Waals surface area contributed by atoms with Gasteiger partial charge < -0.3 is 19.5 Å². The van der Waals surface area contributed by atoms with E-state index in [0.717, 1.165) is 4.48 Å². The second-order valence-electron chi connectivity index (χ2n) is 4.68. The highest BCUT2D eigenvalue weighted by molar-refractivity contribution is 5.91. The van der Waals surface area contributed by atoms with Gasteiger partial charge in [0.2, 0.25) is 0 Å². The summed E-state index contributed by atoms with van der Waals surface area (Å²) in [6.07, 6.45) is 0.669. The van der Waals surface area contributed by atoms with E-state index in [1.165, 1.54) is 0 Å². The first kappa shape index (κ1) is 16.3. The van der Waals surface area contributed by atoms with E-state index in [-0.39, 0.29) is 6.42 Å². The molecule has 1 unspecified atom stereocenters. The van der Waals surface area contributed by atoms with Crippen LogP contribution in [-0.2, 0) is 9.59 Å². The summed E-state index contributed by atoms with van der Waals surface area (Å²) in [5.41, 5.74) is 0. The second-order valence-corrected chi connectivity index (χ2v) is 4.68. The molecule has 1 N–H and O–H groups in total. The first-order valence-electron chi connectivity index (χ1n) is 4.82. The molecule has 0 rings (SSSR count). The molecule has 0 aromatic rings. The lowest BCUT2D eigenvalue weighted by atomic mass is 10.1. The summed E-state index contributed by atoms with van der Waals surface area (Å²) in [7, 11) is 8.50. The van der Waals surface area contributed by atoms with Crippen LogP contribution in [0.2, 0.25) is 0 Å². The van der Waals surface area contributed by atoms with Crippen molar-refractivity contribution in [2.24, 2.45) is 5.92 Å². The maximum atomic E-state index is 10.1. The van der Waals surface area contributed by atoms with Gasteiger partial charge in [-0.05, 0) is 6.42 Å². The summed E-state index contributed by atoms with van der Waals surface area (Å²) in [4.78, 5) is 20.1. The van der Waals surface area contributed by atoms with Gasteiger partial charge in [-0.2, -0.15) is 0 Å². The van der Waals surface area contributed by atoms with Gasteiger partial charge in [0.1, 0.15) is 0 Å². The predicted octanol–water partition coefficient (Wildman–Crippen LogP) is -0.440. The lowest BCUT2D eigenvalue weighted by molar-refractivity contribution is -0.849. The van der Waals surface area contributed by atoms with Crippen LogP contribution in [-0.4, -0.2) is 49.7 Å². The molecule has 0 saturated carbocycles. The molecule has 0 amide bonds. The molecule has 0 aliphatic heterocycles.